The maximum Gasteiger partial charge on any atom is 0.308 e. The van der Waals surface area contributed by atoms with E-state index in [-0.39, 0.29) is 24.6 Å². The van der Waals surface area contributed by atoms with Crippen LogP contribution in [0.3, 0.4) is 0 Å². The summed E-state index contributed by atoms with van der Waals surface area (Å²) in [4.78, 5) is 19.5. The number of benzene rings is 1. The Labute approximate surface area is 216 Å². The second-order valence-corrected chi connectivity index (χ2v) is 11.5. The lowest BCUT2D eigenvalue weighted by Crippen LogP contribution is -2.27. The zero-order valence-electron chi connectivity index (χ0n) is 21.6. The first-order valence-corrected chi connectivity index (χ1v) is 13.6. The molecule has 1 fully saturated rings. The van der Waals surface area contributed by atoms with Gasteiger partial charge in [0.05, 0.1) is 18.2 Å². The number of aromatic nitrogens is 3. The van der Waals surface area contributed by atoms with Crippen LogP contribution in [0, 0.1) is 20.8 Å². The van der Waals surface area contributed by atoms with Crippen molar-refractivity contribution in [3.63, 3.8) is 0 Å². The van der Waals surface area contributed by atoms with Crippen molar-refractivity contribution in [3.8, 4) is 5.00 Å². The number of thiophene rings is 1. The first-order chi connectivity index (χ1) is 17.2. The Morgan fingerprint density at radius 1 is 1.11 bits per heavy atom. The van der Waals surface area contributed by atoms with Crippen LogP contribution in [0.15, 0.2) is 29.3 Å². The summed E-state index contributed by atoms with van der Waals surface area (Å²) in [6.07, 6.45) is 2.38. The van der Waals surface area contributed by atoms with E-state index in [1.165, 1.54) is 16.0 Å². The number of hydrogen-bond donors (Lipinski definition) is 1. The lowest BCUT2D eigenvalue weighted by Gasteiger charge is -2.25. The van der Waals surface area contributed by atoms with Gasteiger partial charge in [0.2, 0.25) is 0 Å². The van der Waals surface area contributed by atoms with E-state index >= 15 is 0 Å². The minimum Gasteiger partial charge on any atom is -0.462 e. The van der Waals surface area contributed by atoms with Crippen molar-refractivity contribution in [2.45, 2.75) is 90.9 Å². The molecule has 1 aliphatic heterocycles. The predicted molar refractivity (Wildman–Crippen MR) is 141 cm³/mol. The fraction of sp³-hybridized carbons (Fsp3) is 0.500. The zero-order valence-corrected chi connectivity index (χ0v) is 22.4. The van der Waals surface area contributed by atoms with Gasteiger partial charge in [-0.15, -0.1) is 21.5 Å². The fourth-order valence-electron chi connectivity index (χ4n) is 5.11. The summed E-state index contributed by atoms with van der Waals surface area (Å²) in [5, 5.41) is 19.7. The van der Waals surface area contributed by atoms with Crippen molar-refractivity contribution >= 4 is 23.0 Å². The number of aliphatic hydroxyl groups excluding tert-OH is 1. The predicted octanol–water partition coefficient (Wildman–Crippen LogP) is 5.51. The third-order valence-electron chi connectivity index (χ3n) is 7.39. The molecule has 1 N–H and O–H groups in total. The van der Waals surface area contributed by atoms with Crippen LogP contribution >= 0.6 is 11.3 Å². The lowest BCUT2D eigenvalue weighted by atomic mass is 9.95. The van der Waals surface area contributed by atoms with Gasteiger partial charge in [-0.3, -0.25) is 14.4 Å². The third-order valence-corrected chi connectivity index (χ3v) is 8.58. The van der Waals surface area contributed by atoms with E-state index in [4.69, 9.17) is 9.73 Å². The molecule has 36 heavy (non-hydrogen) atoms. The number of rotatable bonds is 5. The van der Waals surface area contributed by atoms with Gasteiger partial charge >= 0.3 is 5.97 Å². The Morgan fingerprint density at radius 2 is 1.81 bits per heavy atom. The molecule has 3 heterocycles. The second kappa shape index (κ2) is 9.90. The summed E-state index contributed by atoms with van der Waals surface area (Å²) < 4.78 is 7.88. The summed E-state index contributed by atoms with van der Waals surface area (Å²) in [5.74, 6) is 1.60. The van der Waals surface area contributed by atoms with Gasteiger partial charge in [0.25, 0.3) is 0 Å². The molecule has 1 saturated carbocycles. The van der Waals surface area contributed by atoms with Crippen molar-refractivity contribution in [2.75, 3.05) is 0 Å². The highest BCUT2D eigenvalue weighted by atomic mass is 32.1. The Morgan fingerprint density at radius 3 is 2.47 bits per heavy atom. The van der Waals surface area contributed by atoms with Crippen molar-refractivity contribution < 1.29 is 14.6 Å². The van der Waals surface area contributed by atoms with Crippen LogP contribution in [0.4, 0.5) is 0 Å². The van der Waals surface area contributed by atoms with Crippen molar-refractivity contribution in [3.05, 3.63) is 63.0 Å². The molecule has 8 heteroatoms. The van der Waals surface area contributed by atoms with E-state index in [0.717, 1.165) is 27.7 Å². The molecule has 0 bridgehead atoms. The number of aliphatic hydroxyl groups is 1. The normalized spacial score (nSPS) is 21.5. The van der Waals surface area contributed by atoms with Crippen molar-refractivity contribution in [1.29, 1.82) is 0 Å². The summed E-state index contributed by atoms with van der Waals surface area (Å²) in [6, 6.07) is 8.08. The molecule has 190 valence electrons. The maximum atomic E-state index is 13.1. The number of carbonyl (C=O) groups excluding carboxylic acids is 1. The molecular weight excluding hydrogens is 472 g/mol. The second-order valence-electron chi connectivity index (χ2n) is 10.3. The van der Waals surface area contributed by atoms with Gasteiger partial charge in [0.15, 0.2) is 5.82 Å². The van der Waals surface area contributed by atoms with Gasteiger partial charge in [-0.2, -0.15) is 0 Å². The number of esters is 1. The fourth-order valence-corrected chi connectivity index (χ4v) is 6.32. The Balaban J connectivity index is 1.55. The first-order valence-electron chi connectivity index (χ1n) is 12.8. The Kier molecular flexibility index (Phi) is 6.83. The number of hydrogen-bond acceptors (Lipinski definition) is 7. The molecule has 1 aromatic carbocycles. The maximum absolute atomic E-state index is 13.1. The van der Waals surface area contributed by atoms with Crippen molar-refractivity contribution in [1.82, 2.24) is 14.8 Å². The van der Waals surface area contributed by atoms with E-state index < -0.39 is 6.04 Å². The molecular formula is C28H34N4O3S. The molecule has 1 atom stereocenters. The minimum atomic E-state index is -0.507. The third kappa shape index (κ3) is 4.64. The number of aryl methyl sites for hydroxylation is 2. The summed E-state index contributed by atoms with van der Waals surface area (Å²) >= 11 is 1.71. The highest BCUT2D eigenvalue weighted by molar-refractivity contribution is 7.15. The van der Waals surface area contributed by atoms with Crippen LogP contribution in [0.25, 0.3) is 5.00 Å². The zero-order chi connectivity index (χ0) is 25.6. The molecule has 2 aromatic heterocycles. The highest BCUT2D eigenvalue weighted by Crippen LogP contribution is 2.40. The smallest absolute Gasteiger partial charge is 0.308 e. The number of ether oxygens (including phenoxy) is 1. The van der Waals surface area contributed by atoms with Gasteiger partial charge in [-0.1, -0.05) is 38.1 Å². The van der Waals surface area contributed by atoms with Gasteiger partial charge in [0.1, 0.15) is 23.0 Å². The van der Waals surface area contributed by atoms with Crippen LogP contribution in [0.1, 0.15) is 96.7 Å². The van der Waals surface area contributed by atoms with Crippen LogP contribution in [-0.4, -0.2) is 43.8 Å². The largest absolute Gasteiger partial charge is 0.462 e. The van der Waals surface area contributed by atoms with E-state index in [9.17, 15) is 9.90 Å². The molecule has 0 saturated heterocycles. The van der Waals surface area contributed by atoms with E-state index in [1.54, 1.807) is 11.3 Å². The summed E-state index contributed by atoms with van der Waals surface area (Å²) in [7, 11) is 0. The van der Waals surface area contributed by atoms with Crippen LogP contribution in [-0.2, 0) is 9.53 Å². The first kappa shape index (κ1) is 24.8. The molecule has 3 aromatic rings. The molecule has 0 amide bonds. The Bertz CT molecular complexity index is 1300. The molecule has 0 unspecified atom stereocenters. The average molecular weight is 507 g/mol. The number of nitrogens with zero attached hydrogens (tertiary/aromatic N) is 4. The van der Waals surface area contributed by atoms with Crippen LogP contribution < -0.4 is 0 Å². The van der Waals surface area contributed by atoms with E-state index in [1.807, 2.05) is 6.92 Å². The average Bonchev–Trinajstić information content (AvgIpc) is 3.32. The quantitative estimate of drug-likeness (QED) is 0.461. The van der Waals surface area contributed by atoms with E-state index in [0.29, 0.717) is 37.4 Å². The standard InChI is InChI=1S/C28H34N4O3S/c1-15(2)19-6-8-20(9-7-19)26-25-16(3)17(4)36-28(25)32-18(5)30-31-27(32)23(29-26)14-24(34)35-22-12-10-21(33)11-13-22/h6-9,15,21-23,33H,10-14H2,1-5H3/t21-,22-,23-/m0/s1. The monoisotopic (exact) mass is 506 g/mol. The van der Waals surface area contributed by atoms with Crippen LogP contribution in [0.5, 0.6) is 0 Å². The molecule has 7 nitrogen and oxygen atoms in total. The number of fused-ring (bicyclic) bond motifs is 3. The molecule has 5 rings (SSSR count). The minimum absolute atomic E-state index is 0.0950. The molecule has 2 aliphatic rings. The number of carbonyl (C=O) groups is 1. The summed E-state index contributed by atoms with van der Waals surface area (Å²) in [5.41, 5.74) is 5.45. The Hall–Kier alpha value is -2.84. The van der Waals surface area contributed by atoms with Crippen molar-refractivity contribution in [2.24, 2.45) is 4.99 Å². The topological polar surface area (TPSA) is 89.6 Å². The van der Waals surface area contributed by atoms with E-state index in [2.05, 4.69) is 66.7 Å². The van der Waals surface area contributed by atoms with Gasteiger partial charge < -0.3 is 9.84 Å². The summed E-state index contributed by atoms with van der Waals surface area (Å²) in [6.45, 7) is 10.6. The lowest BCUT2D eigenvalue weighted by molar-refractivity contribution is -0.152. The highest BCUT2D eigenvalue weighted by Gasteiger charge is 2.33. The van der Waals surface area contributed by atoms with Gasteiger partial charge in [-0.25, -0.2) is 0 Å². The van der Waals surface area contributed by atoms with Gasteiger partial charge in [0, 0.05) is 16.0 Å². The number of aliphatic imine (C=N–C) groups is 1. The SMILES string of the molecule is Cc1sc2c(c1C)C(c1ccc(C(C)C)cc1)=N[C@@H](CC(=O)O[C@H]1CC[C@H](O)CC1)c1nnc(C)n1-2. The molecule has 0 spiro atoms. The van der Waals surface area contributed by atoms with Gasteiger partial charge in [-0.05, 0) is 63.5 Å². The molecule has 0 radical (unpaired) electrons. The van der Waals surface area contributed by atoms with Crippen LogP contribution in [0.2, 0.25) is 0 Å². The molecule has 1 aliphatic carbocycles.